The molecule has 0 bridgehead atoms. The molecular formula is C11H14FNO2. The summed E-state index contributed by atoms with van der Waals surface area (Å²) in [6.45, 7) is 0.557. The van der Waals surface area contributed by atoms with Gasteiger partial charge in [-0.15, -0.1) is 0 Å². The molecule has 2 rings (SSSR count). The number of hydrogen-bond acceptors (Lipinski definition) is 2. The number of hydrogen-bond donors (Lipinski definition) is 1. The predicted molar refractivity (Wildman–Crippen MR) is 53.8 cm³/mol. The summed E-state index contributed by atoms with van der Waals surface area (Å²) in [4.78, 5) is 11.0. The molecular weight excluding hydrogens is 197 g/mol. The van der Waals surface area contributed by atoms with Crippen molar-refractivity contribution in [1.82, 2.24) is 5.32 Å². The topological polar surface area (TPSA) is 38.3 Å². The molecule has 0 aromatic heterocycles. The molecule has 0 radical (unpaired) electrons. The van der Waals surface area contributed by atoms with Gasteiger partial charge in [-0.2, -0.15) is 0 Å². The standard InChI is InChI=1S/C11H14FNO2/c1-15-8-2-3-9(10(12)5-8)7-4-11(14)13-6-7/h2-3,7,10H,4-6H2,1H3,(H,13,14). The molecule has 15 heavy (non-hydrogen) atoms. The van der Waals surface area contributed by atoms with E-state index < -0.39 is 6.17 Å². The van der Waals surface area contributed by atoms with Crippen molar-refractivity contribution in [2.75, 3.05) is 13.7 Å². The molecule has 0 saturated carbocycles. The van der Waals surface area contributed by atoms with Crippen LogP contribution in [0, 0.1) is 5.92 Å². The van der Waals surface area contributed by atoms with Gasteiger partial charge in [0.25, 0.3) is 0 Å². The second-order valence-electron chi connectivity index (χ2n) is 3.88. The Morgan fingerprint density at radius 3 is 2.80 bits per heavy atom. The van der Waals surface area contributed by atoms with Crippen molar-refractivity contribution in [3.05, 3.63) is 23.5 Å². The number of rotatable bonds is 2. The summed E-state index contributed by atoms with van der Waals surface area (Å²) in [5.74, 6) is 0.681. The zero-order chi connectivity index (χ0) is 10.8. The summed E-state index contributed by atoms with van der Waals surface area (Å²) in [5, 5.41) is 2.71. The summed E-state index contributed by atoms with van der Waals surface area (Å²) in [5.41, 5.74) is 0.717. The van der Waals surface area contributed by atoms with Crippen LogP contribution >= 0.6 is 0 Å². The van der Waals surface area contributed by atoms with E-state index in [9.17, 15) is 9.18 Å². The highest BCUT2D eigenvalue weighted by atomic mass is 19.1. The van der Waals surface area contributed by atoms with Gasteiger partial charge in [-0.1, -0.05) is 6.08 Å². The van der Waals surface area contributed by atoms with Crippen LogP contribution in [-0.4, -0.2) is 25.7 Å². The van der Waals surface area contributed by atoms with Crippen LogP contribution in [0.15, 0.2) is 23.5 Å². The number of alkyl halides is 1. The Bertz CT molecular complexity index is 335. The second kappa shape index (κ2) is 4.04. The molecule has 1 amide bonds. The Balaban J connectivity index is 2.12. The maximum atomic E-state index is 13.7. The van der Waals surface area contributed by atoms with E-state index in [-0.39, 0.29) is 18.2 Å². The molecule has 0 spiro atoms. The van der Waals surface area contributed by atoms with Crippen molar-refractivity contribution in [2.45, 2.75) is 19.0 Å². The quantitative estimate of drug-likeness (QED) is 0.748. The van der Waals surface area contributed by atoms with Gasteiger partial charge in [-0.3, -0.25) is 4.79 Å². The van der Waals surface area contributed by atoms with Crippen LogP contribution in [-0.2, 0) is 9.53 Å². The SMILES string of the molecule is COC1=CC=C(C2CNC(=O)C2)C(F)C1. The molecule has 0 aromatic carbocycles. The van der Waals surface area contributed by atoms with E-state index >= 15 is 0 Å². The Kier molecular flexibility index (Phi) is 2.75. The molecule has 3 nitrogen and oxygen atoms in total. The highest BCUT2D eigenvalue weighted by Crippen LogP contribution is 2.30. The molecule has 1 saturated heterocycles. The third-order valence-electron chi connectivity index (χ3n) is 2.91. The lowest BCUT2D eigenvalue weighted by Crippen LogP contribution is -2.20. The minimum Gasteiger partial charge on any atom is -0.501 e. The fourth-order valence-electron chi connectivity index (χ4n) is 2.04. The molecule has 2 atom stereocenters. The Labute approximate surface area is 88.0 Å². The third kappa shape index (κ3) is 2.03. The van der Waals surface area contributed by atoms with Gasteiger partial charge in [0.2, 0.25) is 5.91 Å². The first-order valence-corrected chi connectivity index (χ1v) is 5.06. The maximum Gasteiger partial charge on any atom is 0.220 e. The zero-order valence-electron chi connectivity index (χ0n) is 8.63. The average Bonchev–Trinajstić information content (AvgIpc) is 2.64. The number of ether oxygens (including phenoxy) is 1. The second-order valence-corrected chi connectivity index (χ2v) is 3.88. The minimum atomic E-state index is -1.01. The monoisotopic (exact) mass is 211 g/mol. The largest absolute Gasteiger partial charge is 0.501 e. The molecule has 2 aliphatic rings. The Morgan fingerprint density at radius 1 is 1.47 bits per heavy atom. The normalized spacial score (nSPS) is 30.7. The molecule has 2 unspecified atom stereocenters. The van der Waals surface area contributed by atoms with Gasteiger partial charge in [0.1, 0.15) is 6.17 Å². The van der Waals surface area contributed by atoms with E-state index in [0.717, 1.165) is 0 Å². The number of carbonyl (C=O) groups is 1. The summed E-state index contributed by atoms with van der Waals surface area (Å²) < 4.78 is 18.7. The van der Waals surface area contributed by atoms with Crippen LogP contribution < -0.4 is 5.32 Å². The molecule has 1 N–H and O–H groups in total. The van der Waals surface area contributed by atoms with Gasteiger partial charge >= 0.3 is 0 Å². The maximum absolute atomic E-state index is 13.7. The molecule has 1 aliphatic carbocycles. The van der Waals surface area contributed by atoms with Gasteiger partial charge < -0.3 is 10.1 Å². The van der Waals surface area contributed by atoms with Gasteiger partial charge in [0.15, 0.2) is 0 Å². The van der Waals surface area contributed by atoms with Crippen LogP contribution in [0.25, 0.3) is 0 Å². The lowest BCUT2D eigenvalue weighted by molar-refractivity contribution is -0.119. The number of halogens is 1. The fourth-order valence-corrected chi connectivity index (χ4v) is 2.04. The number of nitrogens with one attached hydrogen (secondary N) is 1. The highest BCUT2D eigenvalue weighted by molar-refractivity contribution is 5.79. The van der Waals surface area contributed by atoms with Gasteiger partial charge in [0, 0.05) is 25.3 Å². The first kappa shape index (κ1) is 10.2. The van der Waals surface area contributed by atoms with Crippen molar-refractivity contribution in [1.29, 1.82) is 0 Å². The first-order valence-electron chi connectivity index (χ1n) is 5.06. The van der Waals surface area contributed by atoms with Crippen molar-refractivity contribution in [2.24, 2.45) is 5.92 Å². The molecule has 4 heteroatoms. The van der Waals surface area contributed by atoms with Crippen molar-refractivity contribution in [3.8, 4) is 0 Å². The smallest absolute Gasteiger partial charge is 0.220 e. The van der Waals surface area contributed by atoms with E-state index in [1.807, 2.05) is 0 Å². The van der Waals surface area contributed by atoms with Crippen LogP contribution in [0.1, 0.15) is 12.8 Å². The van der Waals surface area contributed by atoms with E-state index in [1.54, 1.807) is 12.2 Å². The number of carbonyl (C=O) groups excluding carboxylic acids is 1. The summed E-state index contributed by atoms with van der Waals surface area (Å²) in [6.07, 6.45) is 3.21. The Hall–Kier alpha value is -1.32. The van der Waals surface area contributed by atoms with Crippen molar-refractivity contribution >= 4 is 5.91 Å². The van der Waals surface area contributed by atoms with E-state index in [2.05, 4.69) is 5.32 Å². The first-order chi connectivity index (χ1) is 7.20. The predicted octanol–water partition coefficient (Wildman–Crippen LogP) is 1.32. The van der Waals surface area contributed by atoms with E-state index in [0.29, 0.717) is 24.3 Å². The van der Waals surface area contributed by atoms with Crippen molar-refractivity contribution < 1.29 is 13.9 Å². The van der Waals surface area contributed by atoms with Crippen molar-refractivity contribution in [3.63, 3.8) is 0 Å². The third-order valence-corrected chi connectivity index (χ3v) is 2.91. The van der Waals surface area contributed by atoms with Gasteiger partial charge in [-0.05, 0) is 11.6 Å². The molecule has 1 heterocycles. The fraction of sp³-hybridized carbons (Fsp3) is 0.545. The van der Waals surface area contributed by atoms with Gasteiger partial charge in [-0.25, -0.2) is 4.39 Å². The minimum absolute atomic E-state index is 0.00891. The van der Waals surface area contributed by atoms with Crippen LogP contribution in [0.3, 0.4) is 0 Å². The average molecular weight is 211 g/mol. The Morgan fingerprint density at radius 2 is 2.27 bits per heavy atom. The summed E-state index contributed by atoms with van der Waals surface area (Å²) in [7, 11) is 1.54. The van der Waals surface area contributed by atoms with Crippen LogP contribution in [0.4, 0.5) is 4.39 Å². The molecule has 82 valence electrons. The summed E-state index contributed by atoms with van der Waals surface area (Å²) in [6, 6.07) is 0. The van der Waals surface area contributed by atoms with Crippen LogP contribution in [0.2, 0.25) is 0 Å². The number of allylic oxidation sites excluding steroid dienone is 3. The van der Waals surface area contributed by atoms with E-state index in [1.165, 1.54) is 7.11 Å². The van der Waals surface area contributed by atoms with E-state index in [4.69, 9.17) is 4.74 Å². The number of amides is 1. The summed E-state index contributed by atoms with van der Waals surface area (Å²) >= 11 is 0. The lowest BCUT2D eigenvalue weighted by atomic mass is 9.89. The van der Waals surface area contributed by atoms with Crippen LogP contribution in [0.5, 0.6) is 0 Å². The molecule has 1 fully saturated rings. The zero-order valence-corrected chi connectivity index (χ0v) is 8.63. The molecule has 0 aromatic rings. The molecule has 1 aliphatic heterocycles. The number of methoxy groups -OCH3 is 1. The lowest BCUT2D eigenvalue weighted by Gasteiger charge is -2.21. The van der Waals surface area contributed by atoms with Gasteiger partial charge in [0.05, 0.1) is 12.9 Å². The highest BCUT2D eigenvalue weighted by Gasteiger charge is 2.31.